The van der Waals surface area contributed by atoms with E-state index in [1.165, 1.54) is 6.07 Å². The molecule has 2 N–H and O–H groups in total. The van der Waals surface area contributed by atoms with Crippen LogP contribution < -0.4 is 0 Å². The highest BCUT2D eigenvalue weighted by molar-refractivity contribution is 5.10. The second-order valence-electron chi connectivity index (χ2n) is 0.988. The fourth-order valence-corrected chi connectivity index (χ4v) is 0.278. The summed E-state index contributed by atoms with van der Waals surface area (Å²) in [6.45, 7) is 0. The molecule has 0 unspecified atom stereocenters. The first kappa shape index (κ1) is 3.28. The molecule has 1 aromatic heterocycles. The maximum atomic E-state index is 8.39. The van der Waals surface area contributed by atoms with Crippen molar-refractivity contribution in [3.8, 4) is 5.75 Å². The zero-order valence-electron chi connectivity index (χ0n) is 3.10. The summed E-state index contributed by atoms with van der Waals surface area (Å²) in [7, 11) is 0. The van der Waals surface area contributed by atoms with E-state index in [2.05, 4.69) is 11.2 Å². The summed E-state index contributed by atoms with van der Waals surface area (Å²) in [6.07, 6.45) is 4.04. The minimum Gasteiger partial charge on any atom is -0.506 e. The Balaban J connectivity index is 3.05. The van der Waals surface area contributed by atoms with Gasteiger partial charge in [0.2, 0.25) is 0 Å². The Morgan fingerprint density at radius 1 is 1.83 bits per heavy atom. The lowest BCUT2D eigenvalue weighted by Crippen LogP contribution is -1.46. The summed E-state index contributed by atoms with van der Waals surface area (Å²) in [5.41, 5.74) is 0. The Hall–Kier alpha value is -0.920. The summed E-state index contributed by atoms with van der Waals surface area (Å²) in [5.74, 6) is 0.162. The summed E-state index contributed by atoms with van der Waals surface area (Å²) >= 11 is 0. The number of hydrogen-bond donors (Lipinski definition) is 2. The number of rotatable bonds is 0. The fraction of sp³-hybridized carbons (Fsp3) is 0. The van der Waals surface area contributed by atoms with Crippen molar-refractivity contribution in [1.29, 1.82) is 0 Å². The van der Waals surface area contributed by atoms with Gasteiger partial charge in [-0.05, 0) is 6.07 Å². The molecule has 0 aliphatic rings. The Kier molecular flexibility index (Phi) is 0.572. The predicted octanol–water partition coefficient (Wildman–Crippen LogP) is 0.520. The molecule has 1 radical (unpaired) electrons. The number of hydrogen-bond acceptors (Lipinski definition) is 1. The Bertz CT molecular complexity index is 111. The normalized spacial score (nSPS) is 8.67. The van der Waals surface area contributed by atoms with Crippen molar-refractivity contribution >= 4 is 0 Å². The summed E-state index contributed by atoms with van der Waals surface area (Å²) in [6, 6.07) is 1.53. The molecule has 1 aromatic rings. The molecule has 0 aromatic carbocycles. The Morgan fingerprint density at radius 3 is 2.83 bits per heavy atom. The van der Waals surface area contributed by atoms with Crippen molar-refractivity contribution in [2.45, 2.75) is 0 Å². The van der Waals surface area contributed by atoms with Crippen LogP contribution in [0, 0.1) is 6.20 Å². The molecule has 2 heteroatoms. The van der Waals surface area contributed by atoms with Gasteiger partial charge in [0.15, 0.2) is 0 Å². The molecule has 1 heterocycles. The largest absolute Gasteiger partial charge is 0.506 e. The SMILES string of the molecule is Oc1[c][nH]cc1. The number of aromatic hydroxyl groups is 1. The molecular weight excluding hydrogens is 78.0 g/mol. The van der Waals surface area contributed by atoms with Crippen LogP contribution in [-0.2, 0) is 0 Å². The van der Waals surface area contributed by atoms with Gasteiger partial charge < -0.3 is 10.1 Å². The molecular formula is C4H4NO. The zero-order valence-corrected chi connectivity index (χ0v) is 3.10. The van der Waals surface area contributed by atoms with E-state index in [0.717, 1.165) is 0 Å². The fourth-order valence-electron chi connectivity index (χ4n) is 0.278. The molecule has 0 bridgehead atoms. The van der Waals surface area contributed by atoms with Crippen LogP contribution in [0.2, 0.25) is 0 Å². The molecule has 2 nitrogen and oxygen atoms in total. The topological polar surface area (TPSA) is 36.0 Å². The van der Waals surface area contributed by atoms with Crippen molar-refractivity contribution in [2.24, 2.45) is 0 Å². The molecule has 0 aliphatic carbocycles. The van der Waals surface area contributed by atoms with Gasteiger partial charge in [-0.1, -0.05) is 0 Å². The van der Waals surface area contributed by atoms with Crippen LogP contribution in [0.3, 0.4) is 0 Å². The molecule has 1 rings (SSSR count). The highest BCUT2D eigenvalue weighted by Gasteiger charge is 1.77. The molecule has 0 spiro atoms. The first-order chi connectivity index (χ1) is 2.89. The smallest absolute Gasteiger partial charge is 0.142 e. The van der Waals surface area contributed by atoms with E-state index in [0.29, 0.717) is 0 Å². The quantitative estimate of drug-likeness (QED) is 0.470. The minimum atomic E-state index is 0.162. The first-order valence-corrected chi connectivity index (χ1v) is 1.63. The molecule has 0 saturated carbocycles. The summed E-state index contributed by atoms with van der Waals surface area (Å²) in [4.78, 5) is 2.55. The summed E-state index contributed by atoms with van der Waals surface area (Å²) < 4.78 is 0. The minimum absolute atomic E-state index is 0.162. The Morgan fingerprint density at radius 2 is 2.67 bits per heavy atom. The molecule has 31 valence electrons. The van der Waals surface area contributed by atoms with E-state index < -0.39 is 0 Å². The second-order valence-corrected chi connectivity index (χ2v) is 0.988. The van der Waals surface area contributed by atoms with E-state index in [9.17, 15) is 0 Å². The molecule has 0 saturated heterocycles. The van der Waals surface area contributed by atoms with E-state index in [1.807, 2.05) is 0 Å². The van der Waals surface area contributed by atoms with Gasteiger partial charge in [0.25, 0.3) is 0 Å². The van der Waals surface area contributed by atoms with Crippen molar-refractivity contribution in [3.63, 3.8) is 0 Å². The first-order valence-electron chi connectivity index (χ1n) is 1.63. The highest BCUT2D eigenvalue weighted by atomic mass is 16.3. The van der Waals surface area contributed by atoms with Crippen LogP contribution in [0.15, 0.2) is 12.3 Å². The molecule has 6 heavy (non-hydrogen) atoms. The lowest BCUT2D eigenvalue weighted by molar-refractivity contribution is 0.475. The third kappa shape index (κ3) is 0.360. The second kappa shape index (κ2) is 1.05. The van der Waals surface area contributed by atoms with Crippen molar-refractivity contribution in [2.75, 3.05) is 0 Å². The number of H-pyrrole nitrogens is 1. The zero-order chi connectivity index (χ0) is 4.41. The standard InChI is InChI=1S/C4H4NO/c6-4-1-2-5-3-4/h1-2,5-6H. The predicted molar refractivity (Wildman–Crippen MR) is 21.3 cm³/mol. The Labute approximate surface area is 35.4 Å². The van der Waals surface area contributed by atoms with Gasteiger partial charge in [0.1, 0.15) is 11.9 Å². The van der Waals surface area contributed by atoms with Gasteiger partial charge in [0, 0.05) is 6.20 Å². The third-order valence-electron chi connectivity index (χ3n) is 0.525. The van der Waals surface area contributed by atoms with Gasteiger partial charge in [-0.15, -0.1) is 0 Å². The van der Waals surface area contributed by atoms with E-state index in [1.54, 1.807) is 6.20 Å². The van der Waals surface area contributed by atoms with Gasteiger partial charge in [-0.2, -0.15) is 0 Å². The molecule has 0 amide bonds. The average molecular weight is 82.1 g/mol. The lowest BCUT2D eigenvalue weighted by atomic mass is 10.6. The van der Waals surface area contributed by atoms with Crippen molar-refractivity contribution in [1.82, 2.24) is 4.98 Å². The van der Waals surface area contributed by atoms with Crippen molar-refractivity contribution in [3.05, 3.63) is 18.5 Å². The maximum absolute atomic E-state index is 8.39. The van der Waals surface area contributed by atoms with Crippen LogP contribution in [0.25, 0.3) is 0 Å². The van der Waals surface area contributed by atoms with Crippen molar-refractivity contribution < 1.29 is 5.11 Å². The van der Waals surface area contributed by atoms with Gasteiger partial charge in [0.05, 0.1) is 0 Å². The molecule has 0 fully saturated rings. The van der Waals surface area contributed by atoms with Crippen LogP contribution >= 0.6 is 0 Å². The highest BCUT2D eigenvalue weighted by Crippen LogP contribution is 1.99. The van der Waals surface area contributed by atoms with E-state index in [4.69, 9.17) is 5.11 Å². The number of nitrogens with one attached hydrogen (secondary N) is 1. The van der Waals surface area contributed by atoms with Crippen LogP contribution in [0.5, 0.6) is 5.75 Å². The van der Waals surface area contributed by atoms with E-state index in [-0.39, 0.29) is 5.75 Å². The number of aromatic nitrogens is 1. The van der Waals surface area contributed by atoms with E-state index >= 15 is 0 Å². The monoisotopic (exact) mass is 82.0 g/mol. The van der Waals surface area contributed by atoms with Crippen LogP contribution in [-0.4, -0.2) is 10.1 Å². The van der Waals surface area contributed by atoms with Gasteiger partial charge in [-0.25, -0.2) is 0 Å². The molecule has 0 atom stereocenters. The number of aromatic amines is 1. The molecule has 0 aliphatic heterocycles. The third-order valence-corrected chi connectivity index (χ3v) is 0.525. The van der Waals surface area contributed by atoms with Crippen LogP contribution in [0.1, 0.15) is 0 Å². The lowest BCUT2D eigenvalue weighted by Gasteiger charge is -1.66. The average Bonchev–Trinajstić information content (AvgIpc) is 1.86. The van der Waals surface area contributed by atoms with Gasteiger partial charge >= 0.3 is 0 Å². The maximum Gasteiger partial charge on any atom is 0.142 e. The van der Waals surface area contributed by atoms with Gasteiger partial charge in [-0.3, -0.25) is 0 Å². The van der Waals surface area contributed by atoms with Crippen LogP contribution in [0.4, 0.5) is 0 Å². The summed E-state index contributed by atoms with van der Waals surface area (Å²) in [5, 5.41) is 8.39.